The molecule has 0 aromatic heterocycles. The molecule has 0 saturated heterocycles. The highest BCUT2D eigenvalue weighted by Gasteiger charge is 2.26. The van der Waals surface area contributed by atoms with Crippen molar-refractivity contribution in [1.82, 2.24) is 5.32 Å². The van der Waals surface area contributed by atoms with Gasteiger partial charge in [-0.1, -0.05) is 42.5 Å². The molecule has 0 radical (unpaired) electrons. The maximum atomic E-state index is 12.6. The molecule has 1 heterocycles. The molecule has 0 spiro atoms. The highest BCUT2D eigenvalue weighted by molar-refractivity contribution is 5.86. The van der Waals surface area contributed by atoms with Crippen LogP contribution in [0.25, 0.3) is 10.8 Å². The minimum atomic E-state index is -0.190. The van der Waals surface area contributed by atoms with E-state index in [1.165, 1.54) is 10.8 Å². The minimum Gasteiger partial charge on any atom is -0.497 e. The van der Waals surface area contributed by atoms with Gasteiger partial charge in [-0.2, -0.15) is 0 Å². The van der Waals surface area contributed by atoms with Crippen LogP contribution in [0.2, 0.25) is 0 Å². The van der Waals surface area contributed by atoms with Crippen molar-refractivity contribution in [2.45, 2.75) is 13.0 Å². The van der Waals surface area contributed by atoms with Gasteiger partial charge >= 0.3 is 0 Å². The first-order chi connectivity index (χ1) is 12.7. The smallest absolute Gasteiger partial charge is 0.227 e. The Morgan fingerprint density at radius 1 is 1.15 bits per heavy atom. The molecular weight excluding hydrogens is 326 g/mol. The number of hydrogen-bond donors (Lipinski definition) is 1. The number of carbonyl (C=O) groups is 1. The summed E-state index contributed by atoms with van der Waals surface area (Å²) in [5.41, 5.74) is 2.14. The van der Waals surface area contributed by atoms with Crippen molar-refractivity contribution in [1.29, 1.82) is 0 Å². The zero-order valence-electron chi connectivity index (χ0n) is 14.7. The van der Waals surface area contributed by atoms with Gasteiger partial charge in [0.1, 0.15) is 18.1 Å². The molecule has 4 rings (SSSR count). The van der Waals surface area contributed by atoms with Crippen LogP contribution in [0.4, 0.5) is 0 Å². The Bertz CT molecular complexity index is 946. The van der Waals surface area contributed by atoms with Crippen molar-refractivity contribution < 1.29 is 14.3 Å². The molecule has 1 aliphatic heterocycles. The Morgan fingerprint density at radius 2 is 2.00 bits per heavy atom. The summed E-state index contributed by atoms with van der Waals surface area (Å²) in [6, 6.07) is 20.1. The fourth-order valence-electron chi connectivity index (χ4n) is 3.44. The molecule has 132 valence electrons. The number of benzene rings is 3. The Hall–Kier alpha value is -3.01. The molecule has 4 nitrogen and oxygen atoms in total. The third-order valence-electron chi connectivity index (χ3n) is 4.88. The standard InChI is InChI=1S/C22H21NO3/c1-25-19-9-10-21-17(12-19)11-18(14-26-21)22(24)23-13-16-7-4-6-15-5-2-3-8-20(15)16/h2-10,12,18H,11,13-14H2,1H3,(H,23,24). The van der Waals surface area contributed by atoms with Gasteiger partial charge in [-0.25, -0.2) is 0 Å². The van der Waals surface area contributed by atoms with Crippen molar-refractivity contribution in [3.8, 4) is 11.5 Å². The molecule has 26 heavy (non-hydrogen) atoms. The SMILES string of the molecule is COc1ccc2c(c1)CC(C(=O)NCc1cccc3ccccc13)CO2. The van der Waals surface area contributed by atoms with E-state index in [9.17, 15) is 4.79 Å². The molecule has 0 aliphatic carbocycles. The van der Waals surface area contributed by atoms with Gasteiger partial charge in [0, 0.05) is 6.54 Å². The van der Waals surface area contributed by atoms with E-state index in [1.807, 2.05) is 36.4 Å². The Balaban J connectivity index is 1.45. The number of fused-ring (bicyclic) bond motifs is 2. The van der Waals surface area contributed by atoms with E-state index in [0.29, 0.717) is 19.6 Å². The second kappa shape index (κ2) is 7.08. The second-order valence-electron chi connectivity index (χ2n) is 6.54. The molecule has 1 amide bonds. The Labute approximate surface area is 152 Å². The molecule has 0 fully saturated rings. The molecule has 4 heteroatoms. The van der Waals surface area contributed by atoms with Crippen molar-refractivity contribution in [3.05, 3.63) is 71.8 Å². The summed E-state index contributed by atoms with van der Waals surface area (Å²) in [4.78, 5) is 12.6. The first-order valence-electron chi connectivity index (χ1n) is 8.78. The Kier molecular flexibility index (Phi) is 4.48. The van der Waals surface area contributed by atoms with Crippen molar-refractivity contribution in [2.75, 3.05) is 13.7 Å². The van der Waals surface area contributed by atoms with Gasteiger partial charge in [-0.15, -0.1) is 0 Å². The molecule has 3 aromatic rings. The zero-order chi connectivity index (χ0) is 17.9. The van der Waals surface area contributed by atoms with Crippen LogP contribution in [-0.2, 0) is 17.8 Å². The number of carbonyl (C=O) groups excluding carboxylic acids is 1. The summed E-state index contributed by atoms with van der Waals surface area (Å²) in [5.74, 6) is 1.45. The van der Waals surface area contributed by atoms with E-state index in [4.69, 9.17) is 9.47 Å². The van der Waals surface area contributed by atoms with Crippen LogP contribution < -0.4 is 14.8 Å². The van der Waals surface area contributed by atoms with Crippen molar-refractivity contribution in [2.24, 2.45) is 5.92 Å². The third kappa shape index (κ3) is 3.23. The van der Waals surface area contributed by atoms with E-state index in [2.05, 4.69) is 29.6 Å². The van der Waals surface area contributed by atoms with Crippen molar-refractivity contribution in [3.63, 3.8) is 0 Å². The maximum Gasteiger partial charge on any atom is 0.227 e. The van der Waals surface area contributed by atoms with Crippen LogP contribution >= 0.6 is 0 Å². The van der Waals surface area contributed by atoms with E-state index in [-0.39, 0.29) is 11.8 Å². The fourth-order valence-corrected chi connectivity index (χ4v) is 3.44. The molecule has 1 N–H and O–H groups in total. The molecular formula is C22H21NO3. The summed E-state index contributed by atoms with van der Waals surface area (Å²) in [6.07, 6.45) is 0.661. The van der Waals surface area contributed by atoms with Gasteiger partial charge in [-0.05, 0) is 46.5 Å². The zero-order valence-corrected chi connectivity index (χ0v) is 14.7. The number of nitrogens with one attached hydrogen (secondary N) is 1. The van der Waals surface area contributed by atoms with Crippen LogP contribution in [0, 0.1) is 5.92 Å². The van der Waals surface area contributed by atoms with Gasteiger partial charge < -0.3 is 14.8 Å². The van der Waals surface area contributed by atoms with E-state index >= 15 is 0 Å². The highest BCUT2D eigenvalue weighted by atomic mass is 16.5. The van der Waals surface area contributed by atoms with Crippen LogP contribution in [-0.4, -0.2) is 19.6 Å². The monoisotopic (exact) mass is 347 g/mol. The van der Waals surface area contributed by atoms with Gasteiger partial charge in [0.05, 0.1) is 13.0 Å². The third-order valence-corrected chi connectivity index (χ3v) is 4.88. The van der Waals surface area contributed by atoms with Crippen LogP contribution in [0.15, 0.2) is 60.7 Å². The van der Waals surface area contributed by atoms with Gasteiger partial charge in [-0.3, -0.25) is 4.79 Å². The maximum absolute atomic E-state index is 12.6. The number of methoxy groups -OCH3 is 1. The summed E-state index contributed by atoms with van der Waals surface area (Å²) in [6.45, 7) is 0.919. The quantitative estimate of drug-likeness (QED) is 0.782. The molecule has 3 aromatic carbocycles. The minimum absolute atomic E-state index is 0.0198. The lowest BCUT2D eigenvalue weighted by molar-refractivity contribution is -0.126. The summed E-state index contributed by atoms with van der Waals surface area (Å²) in [7, 11) is 1.64. The highest BCUT2D eigenvalue weighted by Crippen LogP contribution is 2.30. The van der Waals surface area contributed by atoms with E-state index in [1.54, 1.807) is 7.11 Å². The van der Waals surface area contributed by atoms with Crippen LogP contribution in [0.5, 0.6) is 11.5 Å². The largest absolute Gasteiger partial charge is 0.497 e. The normalized spacial score (nSPS) is 15.8. The van der Waals surface area contributed by atoms with E-state index in [0.717, 1.165) is 22.6 Å². The predicted molar refractivity (Wildman–Crippen MR) is 101 cm³/mol. The Morgan fingerprint density at radius 3 is 2.88 bits per heavy atom. The molecule has 0 bridgehead atoms. The molecule has 1 unspecified atom stereocenters. The van der Waals surface area contributed by atoms with Gasteiger partial charge in [0.25, 0.3) is 0 Å². The number of hydrogen-bond acceptors (Lipinski definition) is 3. The lowest BCUT2D eigenvalue weighted by Gasteiger charge is -2.25. The predicted octanol–water partition coefficient (Wildman–Crippen LogP) is 3.72. The lowest BCUT2D eigenvalue weighted by Crippen LogP contribution is -2.37. The fraction of sp³-hybridized carbons (Fsp3) is 0.227. The lowest BCUT2D eigenvalue weighted by atomic mass is 9.95. The number of ether oxygens (including phenoxy) is 2. The van der Waals surface area contributed by atoms with Crippen LogP contribution in [0.3, 0.4) is 0 Å². The summed E-state index contributed by atoms with van der Waals surface area (Å²) in [5, 5.41) is 5.42. The first-order valence-corrected chi connectivity index (χ1v) is 8.78. The van der Waals surface area contributed by atoms with Crippen LogP contribution in [0.1, 0.15) is 11.1 Å². The number of rotatable bonds is 4. The van der Waals surface area contributed by atoms with Crippen molar-refractivity contribution >= 4 is 16.7 Å². The molecule has 1 atom stereocenters. The molecule has 1 aliphatic rings. The average molecular weight is 347 g/mol. The topological polar surface area (TPSA) is 47.6 Å². The average Bonchev–Trinajstić information content (AvgIpc) is 2.71. The molecule has 0 saturated carbocycles. The number of amides is 1. The summed E-state index contributed by atoms with van der Waals surface area (Å²) >= 11 is 0. The summed E-state index contributed by atoms with van der Waals surface area (Å²) < 4.78 is 11.0. The van der Waals surface area contributed by atoms with Gasteiger partial charge in [0.15, 0.2) is 0 Å². The van der Waals surface area contributed by atoms with Gasteiger partial charge in [0.2, 0.25) is 5.91 Å². The first kappa shape index (κ1) is 16.5. The van der Waals surface area contributed by atoms with E-state index < -0.39 is 0 Å². The second-order valence-corrected chi connectivity index (χ2v) is 6.54.